The highest BCUT2D eigenvalue weighted by molar-refractivity contribution is 7.98. The molecule has 0 unspecified atom stereocenters. The number of nitrogens with zero attached hydrogens (tertiary/aromatic N) is 1. The number of halogens is 1. The maximum absolute atomic E-state index is 13.9. The highest BCUT2D eigenvalue weighted by atomic mass is 32.2. The quantitative estimate of drug-likeness (QED) is 0.401. The minimum atomic E-state index is -0.772. The number of benzene rings is 2. The van der Waals surface area contributed by atoms with Crippen molar-refractivity contribution in [2.75, 3.05) is 5.73 Å². The van der Waals surface area contributed by atoms with Gasteiger partial charge in [-0.25, -0.2) is 0 Å². The number of nitrogens with two attached hydrogens (primary N) is 1. The Morgan fingerprint density at radius 1 is 1.30 bits per heavy atom. The molecule has 0 aliphatic heterocycles. The topological polar surface area (TPSA) is 69.2 Å². The van der Waals surface area contributed by atoms with E-state index in [4.69, 9.17) is 5.73 Å². The van der Waals surface area contributed by atoms with Crippen molar-refractivity contribution in [3.8, 4) is 0 Å². The normalized spacial score (nSPS) is 10.5. The van der Waals surface area contributed by atoms with Crippen molar-refractivity contribution < 1.29 is 9.31 Å². The first-order valence-electron chi connectivity index (χ1n) is 5.90. The van der Waals surface area contributed by atoms with Crippen molar-refractivity contribution in [3.05, 3.63) is 63.5 Å². The molecule has 0 fully saturated rings. The summed E-state index contributed by atoms with van der Waals surface area (Å²) < 4.78 is 13.9. The SMILES string of the molecule is Cc1c(N)cccc1SCc1cccc([N+](=O)[O-])c1F. The number of nitro groups is 1. The van der Waals surface area contributed by atoms with Gasteiger partial charge in [0.05, 0.1) is 4.92 Å². The summed E-state index contributed by atoms with van der Waals surface area (Å²) in [5, 5.41) is 10.7. The molecular formula is C14H13FN2O2S. The molecule has 0 saturated heterocycles. The van der Waals surface area contributed by atoms with Gasteiger partial charge in [0.2, 0.25) is 5.82 Å². The summed E-state index contributed by atoms with van der Waals surface area (Å²) in [6.07, 6.45) is 0. The zero-order valence-corrected chi connectivity index (χ0v) is 11.6. The van der Waals surface area contributed by atoms with E-state index in [9.17, 15) is 14.5 Å². The van der Waals surface area contributed by atoms with Gasteiger partial charge in [0.15, 0.2) is 0 Å². The Labute approximate surface area is 119 Å². The van der Waals surface area contributed by atoms with Crippen molar-refractivity contribution in [1.29, 1.82) is 0 Å². The Balaban J connectivity index is 2.21. The van der Waals surface area contributed by atoms with Gasteiger partial charge in [0.25, 0.3) is 0 Å². The molecule has 2 rings (SSSR count). The molecule has 0 radical (unpaired) electrons. The van der Waals surface area contributed by atoms with Crippen molar-refractivity contribution in [2.24, 2.45) is 0 Å². The fourth-order valence-electron chi connectivity index (χ4n) is 1.76. The maximum atomic E-state index is 13.9. The van der Waals surface area contributed by atoms with Crippen LogP contribution in [0.15, 0.2) is 41.3 Å². The van der Waals surface area contributed by atoms with Crippen molar-refractivity contribution in [3.63, 3.8) is 0 Å². The van der Waals surface area contributed by atoms with E-state index in [2.05, 4.69) is 0 Å². The Kier molecular flexibility index (Phi) is 4.24. The molecule has 20 heavy (non-hydrogen) atoms. The molecule has 104 valence electrons. The minimum absolute atomic E-state index is 0.311. The molecular weight excluding hydrogens is 279 g/mol. The lowest BCUT2D eigenvalue weighted by Crippen LogP contribution is -1.97. The second-order valence-electron chi connectivity index (χ2n) is 4.27. The second-order valence-corrected chi connectivity index (χ2v) is 5.28. The van der Waals surface area contributed by atoms with Crippen LogP contribution in [0.4, 0.5) is 15.8 Å². The third kappa shape index (κ3) is 2.91. The number of hydrogen-bond donors (Lipinski definition) is 1. The molecule has 2 N–H and O–H groups in total. The monoisotopic (exact) mass is 292 g/mol. The lowest BCUT2D eigenvalue weighted by Gasteiger charge is -2.08. The van der Waals surface area contributed by atoms with Crippen LogP contribution in [0.3, 0.4) is 0 Å². The smallest absolute Gasteiger partial charge is 0.305 e. The number of rotatable bonds is 4. The van der Waals surface area contributed by atoms with E-state index < -0.39 is 16.4 Å². The van der Waals surface area contributed by atoms with Gasteiger partial charge in [0, 0.05) is 28.0 Å². The first-order chi connectivity index (χ1) is 9.50. The molecule has 6 heteroatoms. The number of nitrogen functional groups attached to an aromatic ring is 1. The van der Waals surface area contributed by atoms with Crippen molar-refractivity contribution in [2.45, 2.75) is 17.6 Å². The van der Waals surface area contributed by atoms with Crippen molar-refractivity contribution in [1.82, 2.24) is 0 Å². The molecule has 0 bridgehead atoms. The predicted octanol–water partition coefficient (Wildman–Crippen LogP) is 3.92. The molecule has 0 spiro atoms. The van der Waals surface area contributed by atoms with E-state index in [0.717, 1.165) is 16.5 Å². The zero-order valence-electron chi connectivity index (χ0n) is 10.8. The molecule has 2 aromatic rings. The van der Waals surface area contributed by atoms with Crippen molar-refractivity contribution >= 4 is 23.1 Å². The van der Waals surface area contributed by atoms with E-state index >= 15 is 0 Å². The standard InChI is InChI=1S/C14H13FN2O2S/c1-9-11(16)5-3-7-13(9)20-8-10-4-2-6-12(14(10)15)17(18)19/h2-7H,8,16H2,1H3. The average Bonchev–Trinajstić information content (AvgIpc) is 2.41. The Bertz CT molecular complexity index is 662. The molecule has 0 heterocycles. The number of thioether (sulfide) groups is 1. The molecule has 0 saturated carbocycles. The number of nitro benzene ring substituents is 1. The molecule has 0 aromatic heterocycles. The van der Waals surface area contributed by atoms with Crippen LogP contribution >= 0.6 is 11.8 Å². The minimum Gasteiger partial charge on any atom is -0.398 e. The maximum Gasteiger partial charge on any atom is 0.305 e. The van der Waals surface area contributed by atoms with E-state index in [0.29, 0.717) is 17.0 Å². The first-order valence-corrected chi connectivity index (χ1v) is 6.89. The van der Waals surface area contributed by atoms with Gasteiger partial charge >= 0.3 is 5.69 Å². The molecule has 2 aromatic carbocycles. The molecule has 0 aliphatic rings. The summed E-state index contributed by atoms with van der Waals surface area (Å²) in [6, 6.07) is 9.73. The summed E-state index contributed by atoms with van der Waals surface area (Å²) in [7, 11) is 0. The van der Waals surface area contributed by atoms with E-state index in [1.54, 1.807) is 12.1 Å². The predicted molar refractivity (Wildman–Crippen MR) is 78.2 cm³/mol. The Morgan fingerprint density at radius 3 is 2.70 bits per heavy atom. The van der Waals surface area contributed by atoms with Gasteiger partial charge in [0.1, 0.15) is 0 Å². The summed E-state index contributed by atoms with van der Waals surface area (Å²) >= 11 is 1.41. The summed E-state index contributed by atoms with van der Waals surface area (Å²) in [4.78, 5) is 10.9. The summed E-state index contributed by atoms with van der Waals surface area (Å²) in [5.74, 6) is -0.454. The van der Waals surface area contributed by atoms with Crippen LogP contribution in [0.5, 0.6) is 0 Å². The Hall–Kier alpha value is -2.08. The van der Waals surface area contributed by atoms with Gasteiger partial charge in [-0.15, -0.1) is 11.8 Å². The average molecular weight is 292 g/mol. The largest absolute Gasteiger partial charge is 0.398 e. The summed E-state index contributed by atoms with van der Waals surface area (Å²) in [5.41, 5.74) is 7.23. The summed E-state index contributed by atoms with van der Waals surface area (Å²) in [6.45, 7) is 1.89. The third-order valence-corrected chi connectivity index (χ3v) is 4.17. The van der Waals surface area contributed by atoms with Gasteiger partial charge in [-0.05, 0) is 24.6 Å². The van der Waals surface area contributed by atoms with Crippen LogP contribution in [-0.4, -0.2) is 4.92 Å². The first kappa shape index (κ1) is 14.3. The lowest BCUT2D eigenvalue weighted by atomic mass is 10.2. The Morgan fingerprint density at radius 2 is 2.00 bits per heavy atom. The van der Waals surface area contributed by atoms with E-state index in [1.807, 2.05) is 19.1 Å². The molecule has 4 nitrogen and oxygen atoms in total. The van der Waals surface area contributed by atoms with Gasteiger partial charge in [-0.3, -0.25) is 10.1 Å². The fraction of sp³-hybridized carbons (Fsp3) is 0.143. The van der Waals surface area contributed by atoms with Crippen LogP contribution in [-0.2, 0) is 5.75 Å². The van der Waals surface area contributed by atoms with E-state index in [1.165, 1.54) is 17.8 Å². The van der Waals surface area contributed by atoms with Gasteiger partial charge in [-0.1, -0.05) is 18.2 Å². The van der Waals surface area contributed by atoms with Crippen LogP contribution in [0.1, 0.15) is 11.1 Å². The zero-order chi connectivity index (χ0) is 14.7. The highest BCUT2D eigenvalue weighted by Gasteiger charge is 2.17. The lowest BCUT2D eigenvalue weighted by molar-refractivity contribution is -0.387. The highest BCUT2D eigenvalue weighted by Crippen LogP contribution is 2.31. The third-order valence-electron chi connectivity index (χ3n) is 2.96. The van der Waals surface area contributed by atoms with Crippen LogP contribution in [0.2, 0.25) is 0 Å². The molecule has 0 atom stereocenters. The number of hydrogen-bond acceptors (Lipinski definition) is 4. The molecule has 0 amide bonds. The molecule has 0 aliphatic carbocycles. The second kappa shape index (κ2) is 5.92. The van der Waals surface area contributed by atoms with E-state index in [-0.39, 0.29) is 0 Å². The fourth-order valence-corrected chi connectivity index (χ4v) is 2.81. The van der Waals surface area contributed by atoms with Crippen LogP contribution in [0.25, 0.3) is 0 Å². The van der Waals surface area contributed by atoms with Gasteiger partial charge in [-0.2, -0.15) is 4.39 Å². The van der Waals surface area contributed by atoms with Crippen LogP contribution < -0.4 is 5.73 Å². The van der Waals surface area contributed by atoms with Gasteiger partial charge < -0.3 is 5.73 Å². The number of anilines is 1. The van der Waals surface area contributed by atoms with Crippen LogP contribution in [0, 0.1) is 22.9 Å².